The van der Waals surface area contributed by atoms with Crippen molar-refractivity contribution in [3.05, 3.63) is 29.8 Å². The third-order valence-corrected chi connectivity index (χ3v) is 2.93. The Labute approximate surface area is 129 Å². The quantitative estimate of drug-likeness (QED) is 0.582. The number of esters is 1. The van der Waals surface area contributed by atoms with Crippen LogP contribution in [-0.4, -0.2) is 37.9 Å². The fraction of sp³-hybridized carbons (Fsp3) is 0.438. The van der Waals surface area contributed by atoms with Crippen molar-refractivity contribution in [1.82, 2.24) is 5.32 Å². The lowest BCUT2D eigenvalue weighted by atomic mass is 10.0. The molecule has 0 aromatic heterocycles. The lowest BCUT2D eigenvalue weighted by molar-refractivity contribution is -0.145. The second kappa shape index (κ2) is 8.81. The molecule has 0 heterocycles. The molecular formula is C16H21NO5. The number of nitrogens with one attached hydrogen (secondary N) is 1. The van der Waals surface area contributed by atoms with Crippen LogP contribution < -0.4 is 10.1 Å². The van der Waals surface area contributed by atoms with Crippen LogP contribution in [0.25, 0.3) is 0 Å². The average Bonchev–Trinajstić information content (AvgIpc) is 2.51. The summed E-state index contributed by atoms with van der Waals surface area (Å²) < 4.78 is 9.99. The molecule has 0 aliphatic heterocycles. The Hall–Kier alpha value is -2.37. The maximum Gasteiger partial charge on any atom is 0.328 e. The van der Waals surface area contributed by atoms with Gasteiger partial charge in [-0.25, -0.2) is 4.79 Å². The maximum absolute atomic E-state index is 11.9. The zero-order chi connectivity index (χ0) is 16.5. The predicted molar refractivity (Wildman–Crippen MR) is 80.7 cm³/mol. The number of hydrogen-bond acceptors (Lipinski definition) is 5. The standard InChI is InChI=1S/C16H21NO5/c1-11(2)8-13(16(20)21-3)17-15(19)10-22-14-7-5-4-6-12(14)9-18/h4-7,9,11,13H,8,10H2,1-3H3,(H,17,19)/t13-/m0/s1. The summed E-state index contributed by atoms with van der Waals surface area (Å²) in [5.74, 6) is -0.390. The average molecular weight is 307 g/mol. The molecule has 0 unspecified atom stereocenters. The molecule has 0 aliphatic carbocycles. The topological polar surface area (TPSA) is 81.7 Å². The number of ether oxygens (including phenoxy) is 2. The van der Waals surface area contributed by atoms with Gasteiger partial charge < -0.3 is 14.8 Å². The van der Waals surface area contributed by atoms with E-state index in [9.17, 15) is 14.4 Å². The van der Waals surface area contributed by atoms with Crippen LogP contribution in [0.15, 0.2) is 24.3 Å². The van der Waals surface area contributed by atoms with E-state index in [1.165, 1.54) is 7.11 Å². The first-order valence-corrected chi connectivity index (χ1v) is 7.02. The number of hydrogen-bond donors (Lipinski definition) is 1. The monoisotopic (exact) mass is 307 g/mol. The number of carbonyl (C=O) groups excluding carboxylic acids is 3. The van der Waals surface area contributed by atoms with Crippen LogP contribution >= 0.6 is 0 Å². The highest BCUT2D eigenvalue weighted by atomic mass is 16.5. The number of benzene rings is 1. The molecule has 0 radical (unpaired) electrons. The van der Waals surface area contributed by atoms with Crippen molar-refractivity contribution in [1.29, 1.82) is 0 Å². The molecule has 1 atom stereocenters. The van der Waals surface area contributed by atoms with Crippen LogP contribution in [0, 0.1) is 5.92 Å². The van der Waals surface area contributed by atoms with Gasteiger partial charge in [-0.05, 0) is 24.5 Å². The van der Waals surface area contributed by atoms with E-state index in [0.29, 0.717) is 24.0 Å². The number of rotatable bonds is 8. The van der Waals surface area contributed by atoms with Gasteiger partial charge in [0.2, 0.25) is 0 Å². The molecule has 0 fully saturated rings. The van der Waals surface area contributed by atoms with Crippen molar-refractivity contribution in [2.24, 2.45) is 5.92 Å². The number of carbonyl (C=O) groups is 3. The van der Waals surface area contributed by atoms with Gasteiger partial charge in [0.15, 0.2) is 12.9 Å². The summed E-state index contributed by atoms with van der Waals surface area (Å²) in [6, 6.07) is 5.89. The molecule has 0 bridgehead atoms. The molecule has 0 aliphatic rings. The Morgan fingerprint density at radius 1 is 1.27 bits per heavy atom. The molecule has 1 aromatic rings. The number of methoxy groups -OCH3 is 1. The van der Waals surface area contributed by atoms with Crippen molar-refractivity contribution in [2.75, 3.05) is 13.7 Å². The third-order valence-electron chi connectivity index (χ3n) is 2.93. The number of para-hydroxylation sites is 1. The maximum atomic E-state index is 11.9. The molecule has 0 spiro atoms. The van der Waals surface area contributed by atoms with Crippen molar-refractivity contribution in [2.45, 2.75) is 26.3 Å². The highest BCUT2D eigenvalue weighted by Crippen LogP contribution is 2.15. The summed E-state index contributed by atoms with van der Waals surface area (Å²) >= 11 is 0. The van der Waals surface area contributed by atoms with Crippen molar-refractivity contribution in [3.8, 4) is 5.75 Å². The van der Waals surface area contributed by atoms with E-state index >= 15 is 0 Å². The van der Waals surface area contributed by atoms with E-state index in [1.807, 2.05) is 13.8 Å². The molecule has 0 saturated heterocycles. The van der Waals surface area contributed by atoms with E-state index < -0.39 is 17.9 Å². The van der Waals surface area contributed by atoms with E-state index in [2.05, 4.69) is 10.1 Å². The van der Waals surface area contributed by atoms with Gasteiger partial charge in [-0.3, -0.25) is 9.59 Å². The Bertz CT molecular complexity index is 527. The first-order valence-electron chi connectivity index (χ1n) is 7.02. The molecule has 120 valence electrons. The Kier molecular flexibility index (Phi) is 7.08. The molecule has 6 nitrogen and oxygen atoms in total. The fourth-order valence-corrected chi connectivity index (χ4v) is 1.92. The summed E-state index contributed by atoms with van der Waals surface area (Å²) in [4.78, 5) is 34.4. The minimum absolute atomic E-state index is 0.223. The highest BCUT2D eigenvalue weighted by Gasteiger charge is 2.22. The van der Waals surface area contributed by atoms with Crippen LogP contribution in [0.5, 0.6) is 5.75 Å². The Balaban J connectivity index is 2.60. The minimum Gasteiger partial charge on any atom is -0.483 e. The summed E-state index contributed by atoms with van der Waals surface area (Å²) in [6.07, 6.45) is 1.13. The molecular weight excluding hydrogens is 286 g/mol. The van der Waals surface area contributed by atoms with Gasteiger partial charge in [0.05, 0.1) is 12.7 Å². The first-order chi connectivity index (χ1) is 10.5. The smallest absolute Gasteiger partial charge is 0.328 e. The van der Waals surface area contributed by atoms with E-state index in [4.69, 9.17) is 4.74 Å². The summed E-state index contributed by atoms with van der Waals surface area (Å²) in [7, 11) is 1.28. The molecule has 1 rings (SSSR count). The third kappa shape index (κ3) is 5.55. The zero-order valence-corrected chi connectivity index (χ0v) is 13.0. The summed E-state index contributed by atoms with van der Waals surface area (Å²) in [6.45, 7) is 3.61. The van der Waals surface area contributed by atoms with Gasteiger partial charge in [0, 0.05) is 0 Å². The second-order valence-corrected chi connectivity index (χ2v) is 5.22. The molecule has 1 N–H and O–H groups in total. The van der Waals surface area contributed by atoms with E-state index in [-0.39, 0.29) is 12.5 Å². The van der Waals surface area contributed by atoms with Crippen LogP contribution in [0.1, 0.15) is 30.6 Å². The number of amides is 1. The summed E-state index contributed by atoms with van der Waals surface area (Å²) in [5, 5.41) is 2.58. The second-order valence-electron chi connectivity index (χ2n) is 5.22. The largest absolute Gasteiger partial charge is 0.483 e. The lowest BCUT2D eigenvalue weighted by Crippen LogP contribution is -2.44. The van der Waals surface area contributed by atoms with Crippen molar-refractivity contribution < 1.29 is 23.9 Å². The molecule has 6 heteroatoms. The predicted octanol–water partition coefficient (Wildman–Crippen LogP) is 1.58. The molecule has 1 aromatic carbocycles. The van der Waals surface area contributed by atoms with Gasteiger partial charge >= 0.3 is 5.97 Å². The van der Waals surface area contributed by atoms with Crippen molar-refractivity contribution >= 4 is 18.2 Å². The van der Waals surface area contributed by atoms with Gasteiger partial charge in [0.25, 0.3) is 5.91 Å². The minimum atomic E-state index is -0.706. The number of aldehydes is 1. The fourth-order valence-electron chi connectivity index (χ4n) is 1.92. The first kappa shape index (κ1) is 17.7. The van der Waals surface area contributed by atoms with Crippen LogP contribution in [0.2, 0.25) is 0 Å². The molecule has 22 heavy (non-hydrogen) atoms. The Morgan fingerprint density at radius 2 is 1.95 bits per heavy atom. The van der Waals surface area contributed by atoms with Gasteiger partial charge in [0.1, 0.15) is 11.8 Å². The highest BCUT2D eigenvalue weighted by molar-refractivity contribution is 5.85. The normalized spacial score (nSPS) is 11.6. The molecule has 0 saturated carbocycles. The van der Waals surface area contributed by atoms with Gasteiger partial charge in [-0.1, -0.05) is 26.0 Å². The molecule has 1 amide bonds. The van der Waals surface area contributed by atoms with Crippen molar-refractivity contribution in [3.63, 3.8) is 0 Å². The van der Waals surface area contributed by atoms with Crippen LogP contribution in [0.3, 0.4) is 0 Å². The van der Waals surface area contributed by atoms with Gasteiger partial charge in [-0.2, -0.15) is 0 Å². The van der Waals surface area contributed by atoms with E-state index in [0.717, 1.165) is 0 Å². The lowest BCUT2D eigenvalue weighted by Gasteiger charge is -2.18. The van der Waals surface area contributed by atoms with Crippen LogP contribution in [0.4, 0.5) is 0 Å². The Morgan fingerprint density at radius 3 is 2.55 bits per heavy atom. The van der Waals surface area contributed by atoms with Gasteiger partial charge in [-0.15, -0.1) is 0 Å². The van der Waals surface area contributed by atoms with Crippen LogP contribution in [-0.2, 0) is 14.3 Å². The summed E-state index contributed by atoms with van der Waals surface area (Å²) in [5.41, 5.74) is 0.363. The van der Waals surface area contributed by atoms with E-state index in [1.54, 1.807) is 24.3 Å². The SMILES string of the molecule is COC(=O)[C@H](CC(C)C)NC(=O)COc1ccccc1C=O. The zero-order valence-electron chi connectivity index (χ0n) is 13.0.